The molecule has 0 spiro atoms. The molecule has 22 heavy (non-hydrogen) atoms. The van der Waals surface area contributed by atoms with Gasteiger partial charge in [-0.3, -0.25) is 0 Å². The van der Waals surface area contributed by atoms with Gasteiger partial charge in [-0.25, -0.2) is 0 Å². The summed E-state index contributed by atoms with van der Waals surface area (Å²) >= 11 is 0. The summed E-state index contributed by atoms with van der Waals surface area (Å²) in [4.78, 5) is 1.63. The molecule has 0 unspecified atom stereocenters. The summed E-state index contributed by atoms with van der Waals surface area (Å²) in [6.07, 6.45) is 4.17. The third-order valence-corrected chi connectivity index (χ3v) is 3.35. The fraction of sp³-hybridized carbons (Fsp3) is 0.167. The minimum atomic E-state index is 0.202. The topological polar surface area (TPSA) is 43.6 Å². The van der Waals surface area contributed by atoms with E-state index in [0.717, 1.165) is 16.7 Å². The van der Waals surface area contributed by atoms with E-state index in [4.69, 9.17) is 0 Å². The smallest absolute Gasteiger partial charge is 0.161 e. The number of aromatic nitrogens is 4. The number of hydrogen-bond acceptors (Lipinski definition) is 3. The van der Waals surface area contributed by atoms with E-state index >= 15 is 0 Å². The summed E-state index contributed by atoms with van der Waals surface area (Å²) < 4.78 is 0. The van der Waals surface area contributed by atoms with Crippen LogP contribution in [-0.4, -0.2) is 20.2 Å². The number of benzene rings is 2. The highest BCUT2D eigenvalue weighted by atomic mass is 15.6. The highest BCUT2D eigenvalue weighted by Gasteiger charge is 2.10. The lowest BCUT2D eigenvalue weighted by atomic mass is 10.1. The molecule has 0 radical (unpaired) electrons. The van der Waals surface area contributed by atoms with Gasteiger partial charge in [-0.2, -0.15) is 4.80 Å². The Kier molecular flexibility index (Phi) is 4.10. The van der Waals surface area contributed by atoms with Crippen molar-refractivity contribution >= 4 is 12.2 Å². The minimum Gasteiger partial charge on any atom is -0.161 e. The van der Waals surface area contributed by atoms with Crippen molar-refractivity contribution < 1.29 is 0 Å². The van der Waals surface area contributed by atoms with Crippen LogP contribution in [0.2, 0.25) is 0 Å². The van der Waals surface area contributed by atoms with Gasteiger partial charge in [0.25, 0.3) is 0 Å². The Morgan fingerprint density at radius 1 is 0.909 bits per heavy atom. The van der Waals surface area contributed by atoms with Crippen molar-refractivity contribution in [3.63, 3.8) is 0 Å². The van der Waals surface area contributed by atoms with Crippen molar-refractivity contribution in [3.8, 4) is 11.4 Å². The molecule has 4 heteroatoms. The Balaban J connectivity index is 1.94. The van der Waals surface area contributed by atoms with Crippen LogP contribution in [0.4, 0.5) is 0 Å². The Labute approximate surface area is 130 Å². The SMILES string of the molecule is CC(C)n1nnc(-c2ccccc2C=Cc2ccccc2)n1. The van der Waals surface area contributed by atoms with Crippen LogP contribution in [0.3, 0.4) is 0 Å². The molecule has 0 aliphatic carbocycles. The van der Waals surface area contributed by atoms with Crippen LogP contribution < -0.4 is 0 Å². The predicted molar refractivity (Wildman–Crippen MR) is 89.0 cm³/mol. The third-order valence-electron chi connectivity index (χ3n) is 3.35. The molecule has 0 amide bonds. The van der Waals surface area contributed by atoms with E-state index in [1.807, 2.05) is 50.2 Å². The Bertz CT molecular complexity index is 773. The third kappa shape index (κ3) is 3.11. The van der Waals surface area contributed by atoms with Gasteiger partial charge in [0.2, 0.25) is 5.82 Å². The lowest BCUT2D eigenvalue weighted by Gasteiger charge is -2.02. The van der Waals surface area contributed by atoms with E-state index in [2.05, 4.69) is 45.8 Å². The Morgan fingerprint density at radius 3 is 2.36 bits per heavy atom. The van der Waals surface area contributed by atoms with E-state index in [0.29, 0.717) is 5.82 Å². The highest BCUT2D eigenvalue weighted by molar-refractivity contribution is 5.78. The first kappa shape index (κ1) is 14.2. The van der Waals surface area contributed by atoms with Crippen molar-refractivity contribution in [1.82, 2.24) is 20.2 Å². The number of rotatable bonds is 4. The zero-order valence-electron chi connectivity index (χ0n) is 12.7. The molecular weight excluding hydrogens is 272 g/mol. The zero-order chi connectivity index (χ0) is 15.4. The van der Waals surface area contributed by atoms with Crippen LogP contribution in [0.1, 0.15) is 31.0 Å². The molecule has 0 atom stereocenters. The van der Waals surface area contributed by atoms with Gasteiger partial charge in [0.1, 0.15) is 0 Å². The summed E-state index contributed by atoms with van der Waals surface area (Å²) in [5.74, 6) is 0.655. The van der Waals surface area contributed by atoms with Crippen molar-refractivity contribution in [2.45, 2.75) is 19.9 Å². The maximum atomic E-state index is 4.46. The molecule has 1 heterocycles. The average Bonchev–Trinajstić information content (AvgIpc) is 3.04. The maximum Gasteiger partial charge on any atom is 0.205 e. The van der Waals surface area contributed by atoms with E-state index in [1.165, 1.54) is 0 Å². The van der Waals surface area contributed by atoms with Crippen molar-refractivity contribution in [3.05, 3.63) is 65.7 Å². The fourth-order valence-electron chi connectivity index (χ4n) is 2.15. The summed E-state index contributed by atoms with van der Waals surface area (Å²) in [5.41, 5.74) is 3.23. The minimum absolute atomic E-state index is 0.202. The second kappa shape index (κ2) is 6.35. The van der Waals surface area contributed by atoms with Gasteiger partial charge in [-0.05, 0) is 30.2 Å². The van der Waals surface area contributed by atoms with Gasteiger partial charge in [-0.15, -0.1) is 10.2 Å². The molecule has 1 aromatic heterocycles. The van der Waals surface area contributed by atoms with Crippen molar-refractivity contribution in [1.29, 1.82) is 0 Å². The van der Waals surface area contributed by atoms with Crippen LogP contribution >= 0.6 is 0 Å². The molecular formula is C18H18N4. The Hall–Kier alpha value is -2.75. The molecule has 110 valence electrons. The van der Waals surface area contributed by atoms with Gasteiger partial charge in [0.15, 0.2) is 0 Å². The van der Waals surface area contributed by atoms with Gasteiger partial charge in [0.05, 0.1) is 6.04 Å². The molecule has 2 aromatic carbocycles. The first-order valence-corrected chi connectivity index (χ1v) is 7.36. The second-order valence-corrected chi connectivity index (χ2v) is 5.36. The predicted octanol–water partition coefficient (Wildman–Crippen LogP) is 4.09. The quantitative estimate of drug-likeness (QED) is 0.680. The van der Waals surface area contributed by atoms with E-state index in [-0.39, 0.29) is 6.04 Å². The molecule has 0 saturated carbocycles. The second-order valence-electron chi connectivity index (χ2n) is 5.36. The van der Waals surface area contributed by atoms with Gasteiger partial charge >= 0.3 is 0 Å². The van der Waals surface area contributed by atoms with Crippen LogP contribution in [0.25, 0.3) is 23.5 Å². The van der Waals surface area contributed by atoms with E-state index in [9.17, 15) is 0 Å². The largest absolute Gasteiger partial charge is 0.205 e. The van der Waals surface area contributed by atoms with Crippen LogP contribution in [0, 0.1) is 0 Å². The van der Waals surface area contributed by atoms with E-state index < -0.39 is 0 Å². The van der Waals surface area contributed by atoms with Crippen molar-refractivity contribution in [2.75, 3.05) is 0 Å². The van der Waals surface area contributed by atoms with Gasteiger partial charge in [0, 0.05) is 5.56 Å². The van der Waals surface area contributed by atoms with Crippen LogP contribution in [0.5, 0.6) is 0 Å². The standard InChI is InChI=1S/C18H18N4/c1-14(2)22-20-18(19-21-22)17-11-7-6-10-16(17)13-12-15-8-4-3-5-9-15/h3-14H,1-2H3. The number of nitrogens with zero attached hydrogens (tertiary/aromatic N) is 4. The molecule has 3 rings (SSSR count). The molecule has 0 saturated heterocycles. The molecule has 0 aliphatic heterocycles. The van der Waals surface area contributed by atoms with E-state index in [1.54, 1.807) is 4.80 Å². The van der Waals surface area contributed by atoms with Crippen LogP contribution in [0.15, 0.2) is 54.6 Å². The molecule has 4 nitrogen and oxygen atoms in total. The molecule has 3 aromatic rings. The first-order chi connectivity index (χ1) is 10.7. The van der Waals surface area contributed by atoms with Gasteiger partial charge < -0.3 is 0 Å². The molecule has 0 N–H and O–H groups in total. The highest BCUT2D eigenvalue weighted by Crippen LogP contribution is 2.22. The molecule has 0 fully saturated rings. The molecule has 0 bridgehead atoms. The maximum absolute atomic E-state index is 4.46. The van der Waals surface area contributed by atoms with Crippen molar-refractivity contribution in [2.24, 2.45) is 0 Å². The average molecular weight is 290 g/mol. The van der Waals surface area contributed by atoms with Crippen LogP contribution in [-0.2, 0) is 0 Å². The fourth-order valence-corrected chi connectivity index (χ4v) is 2.15. The summed E-state index contributed by atoms with van der Waals surface area (Å²) in [6, 6.07) is 18.5. The zero-order valence-corrected chi connectivity index (χ0v) is 12.7. The normalized spacial score (nSPS) is 11.4. The summed E-state index contributed by atoms with van der Waals surface area (Å²) in [5, 5.41) is 12.7. The number of tetrazole rings is 1. The summed E-state index contributed by atoms with van der Waals surface area (Å²) in [6.45, 7) is 4.07. The lowest BCUT2D eigenvalue weighted by molar-refractivity contribution is 0.455. The van der Waals surface area contributed by atoms with Gasteiger partial charge in [-0.1, -0.05) is 66.7 Å². The molecule has 0 aliphatic rings. The summed E-state index contributed by atoms with van der Waals surface area (Å²) in [7, 11) is 0. The lowest BCUT2D eigenvalue weighted by Crippen LogP contribution is -2.04. The number of hydrogen-bond donors (Lipinski definition) is 0. The Morgan fingerprint density at radius 2 is 1.64 bits per heavy atom. The monoisotopic (exact) mass is 290 g/mol. The first-order valence-electron chi connectivity index (χ1n) is 7.36.